The van der Waals surface area contributed by atoms with Crippen LogP contribution in [0.15, 0.2) is 42.1 Å². The Kier molecular flexibility index (Phi) is 5.29. The molecular formula is C24H30N2O. The summed E-state index contributed by atoms with van der Waals surface area (Å²) < 4.78 is 1.96. The number of nitrogens with zero attached hydrogens (tertiary/aromatic N) is 2. The van der Waals surface area contributed by atoms with Gasteiger partial charge >= 0.3 is 0 Å². The second-order valence-corrected chi connectivity index (χ2v) is 8.63. The quantitative estimate of drug-likeness (QED) is 0.647. The van der Waals surface area contributed by atoms with Crippen molar-refractivity contribution in [2.45, 2.75) is 58.8 Å². The van der Waals surface area contributed by atoms with Gasteiger partial charge in [-0.05, 0) is 67.7 Å². The summed E-state index contributed by atoms with van der Waals surface area (Å²) in [6.45, 7) is 4.44. The van der Waals surface area contributed by atoms with Crippen molar-refractivity contribution in [1.82, 2.24) is 9.78 Å². The summed E-state index contributed by atoms with van der Waals surface area (Å²) in [6.07, 6.45) is 12.2. The second kappa shape index (κ2) is 7.84. The normalized spacial score (nSPS) is 22.4. The number of rotatable bonds is 5. The number of carbonyl (C=O) groups excluding carboxylic acids is 1. The zero-order valence-electron chi connectivity index (χ0n) is 16.5. The molecule has 0 spiro atoms. The van der Waals surface area contributed by atoms with Crippen molar-refractivity contribution in [2.75, 3.05) is 0 Å². The first-order valence-corrected chi connectivity index (χ1v) is 10.5. The monoisotopic (exact) mass is 362 g/mol. The first kappa shape index (κ1) is 18.2. The van der Waals surface area contributed by atoms with E-state index in [4.69, 9.17) is 5.10 Å². The van der Waals surface area contributed by atoms with E-state index in [1.54, 1.807) is 0 Å². The third-order valence-electron chi connectivity index (χ3n) is 6.12. The number of hydrogen-bond acceptors (Lipinski definition) is 2. The van der Waals surface area contributed by atoms with Gasteiger partial charge in [0.2, 0.25) is 0 Å². The Morgan fingerprint density at radius 3 is 2.59 bits per heavy atom. The molecule has 1 heterocycles. The van der Waals surface area contributed by atoms with Gasteiger partial charge in [-0.2, -0.15) is 5.10 Å². The van der Waals surface area contributed by atoms with Gasteiger partial charge in [-0.25, -0.2) is 4.68 Å². The number of benzene rings is 1. The van der Waals surface area contributed by atoms with Crippen LogP contribution in [0.4, 0.5) is 0 Å². The zero-order chi connectivity index (χ0) is 18.8. The summed E-state index contributed by atoms with van der Waals surface area (Å²) >= 11 is 0. The molecular weight excluding hydrogens is 332 g/mol. The lowest BCUT2D eigenvalue weighted by molar-refractivity contribution is -0.119. The molecule has 2 fully saturated rings. The van der Waals surface area contributed by atoms with Crippen LogP contribution in [0, 0.1) is 17.8 Å². The van der Waals surface area contributed by atoms with E-state index in [0.29, 0.717) is 17.6 Å². The average Bonchev–Trinajstić information content (AvgIpc) is 3.38. The van der Waals surface area contributed by atoms with Gasteiger partial charge in [0.15, 0.2) is 5.78 Å². The second-order valence-electron chi connectivity index (χ2n) is 8.63. The van der Waals surface area contributed by atoms with Gasteiger partial charge in [-0.3, -0.25) is 4.79 Å². The minimum absolute atomic E-state index is 0.275. The molecule has 1 aromatic carbocycles. The lowest BCUT2D eigenvalue weighted by Crippen LogP contribution is -2.16. The van der Waals surface area contributed by atoms with Crippen LogP contribution in [0.5, 0.6) is 0 Å². The van der Waals surface area contributed by atoms with Crippen LogP contribution in [0.3, 0.4) is 0 Å². The van der Waals surface area contributed by atoms with E-state index in [-0.39, 0.29) is 5.92 Å². The lowest BCUT2D eigenvalue weighted by atomic mass is 9.88. The molecule has 142 valence electrons. The van der Waals surface area contributed by atoms with Gasteiger partial charge < -0.3 is 0 Å². The van der Waals surface area contributed by atoms with Crippen LogP contribution in [0.2, 0.25) is 0 Å². The molecule has 2 aliphatic rings. The van der Waals surface area contributed by atoms with Gasteiger partial charge in [0, 0.05) is 17.7 Å². The molecule has 3 nitrogen and oxygen atoms in total. The van der Waals surface area contributed by atoms with Crippen molar-refractivity contribution < 1.29 is 4.79 Å². The molecule has 1 atom stereocenters. The predicted molar refractivity (Wildman–Crippen MR) is 110 cm³/mol. The van der Waals surface area contributed by atoms with Crippen molar-refractivity contribution in [2.24, 2.45) is 17.8 Å². The van der Waals surface area contributed by atoms with Crippen LogP contribution < -0.4 is 0 Å². The van der Waals surface area contributed by atoms with E-state index in [0.717, 1.165) is 41.8 Å². The molecule has 2 saturated carbocycles. The van der Waals surface area contributed by atoms with E-state index in [1.165, 1.54) is 25.7 Å². The van der Waals surface area contributed by atoms with Crippen molar-refractivity contribution in [3.8, 4) is 5.69 Å². The molecule has 0 saturated heterocycles. The SMILES string of the molecule is CC(C)Cc1nn(-c2ccccc2)cc1/C=C1\CC[C@H](C2CCCC2)C1=O. The Labute approximate surface area is 162 Å². The van der Waals surface area contributed by atoms with E-state index in [1.807, 2.05) is 22.9 Å². The van der Waals surface area contributed by atoms with E-state index in [9.17, 15) is 4.79 Å². The summed E-state index contributed by atoms with van der Waals surface area (Å²) in [4.78, 5) is 13.0. The minimum atomic E-state index is 0.275. The molecule has 0 N–H and O–H groups in total. The smallest absolute Gasteiger partial charge is 0.162 e. The van der Waals surface area contributed by atoms with Gasteiger partial charge in [-0.15, -0.1) is 0 Å². The number of Topliss-reactive ketones (excluding diaryl/α,β-unsaturated/α-hetero) is 1. The minimum Gasteiger partial charge on any atom is -0.294 e. The highest BCUT2D eigenvalue weighted by atomic mass is 16.1. The Morgan fingerprint density at radius 1 is 1.15 bits per heavy atom. The summed E-state index contributed by atoms with van der Waals surface area (Å²) in [5, 5.41) is 4.84. The number of para-hydroxylation sites is 1. The standard InChI is InChI=1S/C24H30N2O/c1-17(2)14-23-20(16-26(25-23)21-10-4-3-5-11-21)15-19-12-13-22(24(19)27)18-8-6-7-9-18/h3-5,10-11,15-18,22H,6-9,12-14H2,1-2H3/b19-15+/t22-/m1/s1. The molecule has 0 bridgehead atoms. The molecule has 3 heteroatoms. The van der Waals surface area contributed by atoms with Crippen LogP contribution in [-0.2, 0) is 11.2 Å². The summed E-state index contributed by atoms with van der Waals surface area (Å²) in [5.74, 6) is 1.85. The Bertz CT molecular complexity index is 825. The van der Waals surface area contributed by atoms with Crippen LogP contribution in [-0.4, -0.2) is 15.6 Å². The summed E-state index contributed by atoms with van der Waals surface area (Å²) in [6, 6.07) is 10.2. The fourth-order valence-electron chi connectivity index (χ4n) is 4.75. The topological polar surface area (TPSA) is 34.9 Å². The Balaban J connectivity index is 1.63. The fraction of sp³-hybridized carbons (Fsp3) is 0.500. The highest BCUT2D eigenvalue weighted by Gasteiger charge is 2.36. The lowest BCUT2D eigenvalue weighted by Gasteiger charge is -2.15. The van der Waals surface area contributed by atoms with Crippen molar-refractivity contribution in [3.63, 3.8) is 0 Å². The predicted octanol–water partition coefficient (Wildman–Crippen LogP) is 5.62. The van der Waals surface area contributed by atoms with Gasteiger partial charge in [-0.1, -0.05) is 44.9 Å². The number of hydrogen-bond donors (Lipinski definition) is 0. The summed E-state index contributed by atoms with van der Waals surface area (Å²) in [7, 11) is 0. The molecule has 0 amide bonds. The van der Waals surface area contributed by atoms with E-state index >= 15 is 0 Å². The van der Waals surface area contributed by atoms with Crippen molar-refractivity contribution in [1.29, 1.82) is 0 Å². The molecule has 0 unspecified atom stereocenters. The van der Waals surface area contributed by atoms with Crippen LogP contribution in [0.25, 0.3) is 11.8 Å². The maximum absolute atomic E-state index is 13.0. The van der Waals surface area contributed by atoms with E-state index in [2.05, 4.69) is 38.3 Å². The largest absolute Gasteiger partial charge is 0.294 e. The zero-order valence-corrected chi connectivity index (χ0v) is 16.5. The molecule has 0 radical (unpaired) electrons. The Morgan fingerprint density at radius 2 is 1.89 bits per heavy atom. The van der Waals surface area contributed by atoms with Crippen molar-refractivity contribution >= 4 is 11.9 Å². The molecule has 4 rings (SSSR count). The third-order valence-corrected chi connectivity index (χ3v) is 6.12. The van der Waals surface area contributed by atoms with Gasteiger partial charge in [0.05, 0.1) is 11.4 Å². The fourth-order valence-corrected chi connectivity index (χ4v) is 4.75. The highest BCUT2D eigenvalue weighted by molar-refractivity contribution is 6.03. The van der Waals surface area contributed by atoms with Crippen LogP contribution in [0.1, 0.15) is 63.6 Å². The maximum atomic E-state index is 13.0. The highest BCUT2D eigenvalue weighted by Crippen LogP contribution is 2.41. The first-order chi connectivity index (χ1) is 13.1. The molecule has 2 aromatic rings. The average molecular weight is 363 g/mol. The maximum Gasteiger partial charge on any atom is 0.162 e. The molecule has 1 aromatic heterocycles. The number of aromatic nitrogens is 2. The number of carbonyl (C=O) groups is 1. The number of ketones is 1. The molecule has 2 aliphatic carbocycles. The molecule has 27 heavy (non-hydrogen) atoms. The Hall–Kier alpha value is -2.16. The number of allylic oxidation sites excluding steroid dienone is 1. The van der Waals surface area contributed by atoms with Gasteiger partial charge in [0.1, 0.15) is 0 Å². The van der Waals surface area contributed by atoms with Crippen molar-refractivity contribution in [3.05, 3.63) is 53.4 Å². The van der Waals surface area contributed by atoms with Gasteiger partial charge in [0.25, 0.3) is 0 Å². The van der Waals surface area contributed by atoms with E-state index < -0.39 is 0 Å². The molecule has 0 aliphatic heterocycles. The van der Waals surface area contributed by atoms with Crippen LogP contribution >= 0.6 is 0 Å². The third kappa shape index (κ3) is 3.92. The first-order valence-electron chi connectivity index (χ1n) is 10.5. The summed E-state index contributed by atoms with van der Waals surface area (Å²) in [5.41, 5.74) is 4.29.